The van der Waals surface area contributed by atoms with Crippen LogP contribution in [0.15, 0.2) is 24.3 Å². The van der Waals surface area contributed by atoms with Crippen molar-refractivity contribution < 1.29 is 24.3 Å². The molecule has 1 aromatic rings. The van der Waals surface area contributed by atoms with Gasteiger partial charge < -0.3 is 14.2 Å². The van der Waals surface area contributed by atoms with Crippen molar-refractivity contribution in [3.05, 3.63) is 24.3 Å². The Bertz CT molecular complexity index is 451. The average Bonchev–Trinajstić information content (AvgIpc) is 2.75. The topological polar surface area (TPSA) is 73.4 Å². The number of benzene rings is 1. The lowest BCUT2D eigenvalue weighted by atomic mass is 10.2. The van der Waals surface area contributed by atoms with Gasteiger partial charge in [-0.1, -0.05) is 26.0 Å². The van der Waals surface area contributed by atoms with Gasteiger partial charge in [0.2, 0.25) is 0 Å². The summed E-state index contributed by atoms with van der Waals surface area (Å²) in [6.45, 7) is 6.93. The Morgan fingerprint density at radius 2 is 1.95 bits per heavy atom. The number of ether oxygens (including phenoxy) is 3. The zero-order valence-electron chi connectivity index (χ0n) is 12.0. The SMILES string of the molecule is CCOC(=O)NC1([NH2+]CC(C)C)Oc2ccccc2O1. The summed E-state index contributed by atoms with van der Waals surface area (Å²) in [5, 5.41) is 4.45. The van der Waals surface area contributed by atoms with Crippen LogP contribution < -0.4 is 20.1 Å². The highest BCUT2D eigenvalue weighted by molar-refractivity contribution is 5.67. The number of alkyl carbamates (subject to hydrolysis) is 1. The summed E-state index contributed by atoms with van der Waals surface area (Å²) >= 11 is 0. The largest absolute Gasteiger partial charge is 0.503 e. The molecule has 0 aliphatic carbocycles. The lowest BCUT2D eigenvalue weighted by molar-refractivity contribution is -0.800. The second-order valence-corrected chi connectivity index (χ2v) is 5.00. The van der Waals surface area contributed by atoms with Gasteiger partial charge in [-0.15, -0.1) is 0 Å². The number of para-hydroxylation sites is 2. The van der Waals surface area contributed by atoms with Crippen LogP contribution in [-0.4, -0.2) is 25.3 Å². The first kappa shape index (κ1) is 14.5. The van der Waals surface area contributed by atoms with Crippen molar-refractivity contribution in [2.75, 3.05) is 13.2 Å². The first-order valence-corrected chi connectivity index (χ1v) is 6.81. The van der Waals surface area contributed by atoms with E-state index in [4.69, 9.17) is 14.2 Å². The van der Waals surface area contributed by atoms with Crippen LogP contribution in [0.1, 0.15) is 20.8 Å². The fraction of sp³-hybridized carbons (Fsp3) is 0.500. The number of hydrogen-bond acceptors (Lipinski definition) is 4. The van der Waals surface area contributed by atoms with Crippen molar-refractivity contribution in [1.82, 2.24) is 5.32 Å². The normalized spacial score (nSPS) is 15.2. The predicted molar refractivity (Wildman–Crippen MR) is 72.2 cm³/mol. The molecule has 0 aromatic heterocycles. The molecule has 0 radical (unpaired) electrons. The molecule has 0 saturated heterocycles. The van der Waals surface area contributed by atoms with E-state index in [0.29, 0.717) is 24.0 Å². The Balaban J connectivity index is 2.12. The first-order valence-electron chi connectivity index (χ1n) is 6.81. The fourth-order valence-electron chi connectivity index (χ4n) is 1.85. The zero-order chi connectivity index (χ0) is 14.6. The van der Waals surface area contributed by atoms with E-state index in [1.807, 2.05) is 17.4 Å². The molecule has 1 aliphatic rings. The molecule has 6 nitrogen and oxygen atoms in total. The molecule has 0 fully saturated rings. The fourth-order valence-corrected chi connectivity index (χ4v) is 1.85. The molecule has 0 bridgehead atoms. The quantitative estimate of drug-likeness (QED) is 0.791. The molecule has 110 valence electrons. The van der Waals surface area contributed by atoms with Gasteiger partial charge in [0.25, 0.3) is 0 Å². The van der Waals surface area contributed by atoms with Crippen molar-refractivity contribution in [1.29, 1.82) is 0 Å². The van der Waals surface area contributed by atoms with Gasteiger partial charge in [0.15, 0.2) is 11.5 Å². The summed E-state index contributed by atoms with van der Waals surface area (Å²) in [5.41, 5.74) is 0. The minimum atomic E-state index is -1.29. The van der Waals surface area contributed by atoms with Crippen molar-refractivity contribution in [2.45, 2.75) is 26.8 Å². The van der Waals surface area contributed by atoms with E-state index in [2.05, 4.69) is 19.2 Å². The molecule has 1 amide bonds. The van der Waals surface area contributed by atoms with Crippen molar-refractivity contribution >= 4 is 6.09 Å². The van der Waals surface area contributed by atoms with Crippen molar-refractivity contribution in [3.8, 4) is 11.5 Å². The first-order chi connectivity index (χ1) is 9.54. The van der Waals surface area contributed by atoms with Gasteiger partial charge in [-0.3, -0.25) is 0 Å². The number of nitrogens with one attached hydrogen (secondary N) is 1. The summed E-state index contributed by atoms with van der Waals surface area (Å²) < 4.78 is 16.4. The molecular weight excluding hydrogens is 260 g/mol. The number of hydrogen-bond donors (Lipinski definition) is 2. The van der Waals surface area contributed by atoms with Crippen LogP contribution in [0.5, 0.6) is 11.5 Å². The minimum absolute atomic E-state index is 0.291. The monoisotopic (exact) mass is 281 g/mol. The maximum Gasteiger partial charge on any atom is 0.503 e. The second-order valence-electron chi connectivity index (χ2n) is 5.00. The number of quaternary nitrogens is 1. The van der Waals surface area contributed by atoms with E-state index in [0.717, 1.165) is 6.54 Å². The number of amides is 1. The Morgan fingerprint density at radius 1 is 1.35 bits per heavy atom. The van der Waals surface area contributed by atoms with E-state index < -0.39 is 12.1 Å². The van der Waals surface area contributed by atoms with Gasteiger partial charge in [-0.2, -0.15) is 5.32 Å². The third kappa shape index (κ3) is 3.33. The minimum Gasteiger partial charge on any atom is -0.450 e. The van der Waals surface area contributed by atoms with E-state index in [1.165, 1.54) is 0 Å². The molecule has 2 rings (SSSR count). The molecule has 3 N–H and O–H groups in total. The van der Waals surface area contributed by atoms with Crippen LogP contribution >= 0.6 is 0 Å². The van der Waals surface area contributed by atoms with E-state index in [-0.39, 0.29) is 0 Å². The van der Waals surface area contributed by atoms with Crippen LogP contribution in [0.4, 0.5) is 4.79 Å². The zero-order valence-corrected chi connectivity index (χ0v) is 12.0. The number of carbonyl (C=O) groups excluding carboxylic acids is 1. The van der Waals surface area contributed by atoms with Crippen LogP contribution in [0, 0.1) is 5.92 Å². The van der Waals surface area contributed by atoms with Crippen LogP contribution in [0.25, 0.3) is 0 Å². The second kappa shape index (κ2) is 6.00. The van der Waals surface area contributed by atoms with E-state index in [9.17, 15) is 4.79 Å². The average molecular weight is 281 g/mol. The van der Waals surface area contributed by atoms with Gasteiger partial charge in [-0.05, 0) is 19.1 Å². The highest BCUT2D eigenvalue weighted by atomic mass is 16.8. The van der Waals surface area contributed by atoms with Gasteiger partial charge in [0.1, 0.15) is 0 Å². The summed E-state index contributed by atoms with van der Waals surface area (Å²) in [6, 6.07) is 6.01. The molecule has 6 heteroatoms. The van der Waals surface area contributed by atoms with Gasteiger partial charge in [0, 0.05) is 5.92 Å². The summed E-state index contributed by atoms with van der Waals surface area (Å²) in [6.07, 6.45) is -0.569. The number of fused-ring (bicyclic) bond motifs is 1. The lowest BCUT2D eigenvalue weighted by Crippen LogP contribution is -3.04. The number of rotatable bonds is 5. The van der Waals surface area contributed by atoms with Crippen molar-refractivity contribution in [3.63, 3.8) is 0 Å². The highest BCUT2D eigenvalue weighted by Gasteiger charge is 2.48. The number of carbonyl (C=O) groups is 1. The lowest BCUT2D eigenvalue weighted by Gasteiger charge is -2.24. The Kier molecular flexibility index (Phi) is 4.34. The van der Waals surface area contributed by atoms with E-state index >= 15 is 0 Å². The van der Waals surface area contributed by atoms with Crippen LogP contribution in [-0.2, 0) is 4.74 Å². The Hall–Kier alpha value is -1.95. The molecule has 1 aromatic carbocycles. The smallest absolute Gasteiger partial charge is 0.450 e. The molecule has 0 spiro atoms. The molecule has 1 aliphatic heterocycles. The standard InChI is InChI=1S/C14H20N2O4/c1-4-18-13(17)16-14(15-9-10(2)3)19-11-7-5-6-8-12(11)20-14/h5-8,10,15H,4,9H2,1-3H3,(H,16,17)/p+1. The predicted octanol–water partition coefficient (Wildman–Crippen LogP) is 1.03. The molecular formula is C14H21N2O4+. The summed E-state index contributed by atoms with van der Waals surface area (Å²) in [7, 11) is 0. The van der Waals surface area contributed by atoms with Crippen LogP contribution in [0.2, 0.25) is 0 Å². The summed E-state index contributed by atoms with van der Waals surface area (Å²) in [4.78, 5) is 11.7. The van der Waals surface area contributed by atoms with Gasteiger partial charge in [-0.25, -0.2) is 10.1 Å². The Morgan fingerprint density at radius 3 is 2.45 bits per heavy atom. The third-order valence-electron chi connectivity index (χ3n) is 2.78. The molecule has 0 saturated carbocycles. The molecule has 1 heterocycles. The molecule has 0 unspecified atom stereocenters. The van der Waals surface area contributed by atoms with Crippen molar-refractivity contribution in [2.24, 2.45) is 5.92 Å². The number of nitrogens with two attached hydrogens (primary N) is 1. The highest BCUT2D eigenvalue weighted by Crippen LogP contribution is 2.35. The van der Waals surface area contributed by atoms with Crippen LogP contribution in [0.3, 0.4) is 0 Å². The summed E-state index contributed by atoms with van der Waals surface area (Å²) in [5.74, 6) is 1.63. The van der Waals surface area contributed by atoms with Gasteiger partial charge in [0.05, 0.1) is 13.2 Å². The third-order valence-corrected chi connectivity index (χ3v) is 2.78. The maximum atomic E-state index is 11.7. The maximum absolute atomic E-state index is 11.7. The molecule has 20 heavy (non-hydrogen) atoms. The molecule has 0 atom stereocenters. The Labute approximate surface area is 118 Å². The van der Waals surface area contributed by atoms with Gasteiger partial charge >= 0.3 is 12.1 Å². The van der Waals surface area contributed by atoms with E-state index in [1.54, 1.807) is 19.1 Å².